The van der Waals surface area contributed by atoms with Gasteiger partial charge in [-0.3, -0.25) is 0 Å². The van der Waals surface area contributed by atoms with Crippen molar-refractivity contribution in [1.82, 2.24) is 0 Å². The van der Waals surface area contributed by atoms with E-state index in [1.54, 1.807) is 0 Å². The molecular formula is C48H33NO. The standard InChI is InChI=1S/C48H33NO/c1-5-15-34(16-6-1)36-25-27-40(28-26-36)49(41-29-30-47-45(33-41)42-23-13-14-24-46(42)50-47)48-43(37-19-9-3-10-20-37)31-39(35-17-7-2-8-18-35)32-44(48)38-21-11-4-12-22-38/h1-33H. The van der Waals surface area contributed by atoms with Crippen molar-refractivity contribution in [2.45, 2.75) is 0 Å². The summed E-state index contributed by atoms with van der Waals surface area (Å²) in [6, 6.07) is 71.3. The highest BCUT2D eigenvalue weighted by Gasteiger charge is 2.24. The number of fused-ring (bicyclic) bond motifs is 3. The van der Waals surface area contributed by atoms with Gasteiger partial charge < -0.3 is 9.32 Å². The van der Waals surface area contributed by atoms with Gasteiger partial charge in [-0.15, -0.1) is 0 Å². The molecule has 9 aromatic rings. The van der Waals surface area contributed by atoms with E-state index in [-0.39, 0.29) is 0 Å². The Balaban J connectivity index is 1.36. The maximum atomic E-state index is 6.30. The SMILES string of the molecule is c1ccc(-c2ccc(N(c3ccc4oc5ccccc5c4c3)c3c(-c4ccccc4)cc(-c4ccccc4)cc3-c3ccccc3)cc2)cc1. The van der Waals surface area contributed by atoms with Crippen molar-refractivity contribution in [3.05, 3.63) is 200 Å². The van der Waals surface area contributed by atoms with Crippen molar-refractivity contribution in [2.75, 3.05) is 4.90 Å². The number of anilines is 3. The quantitative estimate of drug-likeness (QED) is 0.173. The third-order valence-electron chi connectivity index (χ3n) is 9.46. The van der Waals surface area contributed by atoms with Gasteiger partial charge in [0.05, 0.1) is 5.69 Å². The lowest BCUT2D eigenvalue weighted by Crippen LogP contribution is -2.13. The molecule has 0 saturated carbocycles. The van der Waals surface area contributed by atoms with Crippen molar-refractivity contribution in [2.24, 2.45) is 0 Å². The molecule has 236 valence electrons. The Morgan fingerprint density at radius 3 is 1.32 bits per heavy atom. The molecule has 0 amide bonds. The van der Waals surface area contributed by atoms with Gasteiger partial charge in [-0.25, -0.2) is 0 Å². The number of nitrogens with zero attached hydrogens (tertiary/aromatic N) is 1. The zero-order valence-corrected chi connectivity index (χ0v) is 27.4. The predicted molar refractivity (Wildman–Crippen MR) is 210 cm³/mol. The normalized spacial score (nSPS) is 11.2. The number of furan rings is 1. The van der Waals surface area contributed by atoms with Gasteiger partial charge in [0.15, 0.2) is 0 Å². The Hall–Kier alpha value is -6.64. The van der Waals surface area contributed by atoms with Crippen molar-refractivity contribution >= 4 is 39.0 Å². The Labute approximate surface area is 292 Å². The van der Waals surface area contributed by atoms with Crippen LogP contribution in [0.25, 0.3) is 66.4 Å². The number of hydrogen-bond donors (Lipinski definition) is 0. The maximum absolute atomic E-state index is 6.30. The first-order valence-electron chi connectivity index (χ1n) is 17.0. The summed E-state index contributed by atoms with van der Waals surface area (Å²) in [5.41, 5.74) is 14.3. The summed E-state index contributed by atoms with van der Waals surface area (Å²) >= 11 is 0. The second kappa shape index (κ2) is 12.8. The number of benzene rings is 8. The van der Waals surface area contributed by atoms with E-state index in [0.29, 0.717) is 0 Å². The van der Waals surface area contributed by atoms with E-state index < -0.39 is 0 Å². The molecule has 8 aromatic carbocycles. The van der Waals surface area contributed by atoms with Crippen LogP contribution in [-0.4, -0.2) is 0 Å². The Morgan fingerprint density at radius 1 is 0.300 bits per heavy atom. The largest absolute Gasteiger partial charge is 0.456 e. The lowest BCUT2D eigenvalue weighted by Gasteiger charge is -2.31. The van der Waals surface area contributed by atoms with E-state index in [9.17, 15) is 0 Å². The maximum Gasteiger partial charge on any atom is 0.135 e. The van der Waals surface area contributed by atoms with E-state index >= 15 is 0 Å². The van der Waals surface area contributed by atoms with Crippen LogP contribution in [0.5, 0.6) is 0 Å². The van der Waals surface area contributed by atoms with E-state index in [1.165, 1.54) is 22.3 Å². The van der Waals surface area contributed by atoms with Crippen molar-refractivity contribution in [3.63, 3.8) is 0 Å². The average Bonchev–Trinajstić information content (AvgIpc) is 3.58. The second-order valence-electron chi connectivity index (χ2n) is 12.5. The summed E-state index contributed by atoms with van der Waals surface area (Å²) in [4.78, 5) is 2.43. The van der Waals surface area contributed by atoms with Gasteiger partial charge in [0.2, 0.25) is 0 Å². The van der Waals surface area contributed by atoms with Gasteiger partial charge in [0, 0.05) is 33.3 Å². The van der Waals surface area contributed by atoms with E-state index in [2.05, 4.69) is 193 Å². The van der Waals surface area contributed by atoms with Gasteiger partial charge in [-0.05, 0) is 81.9 Å². The van der Waals surface area contributed by atoms with Crippen LogP contribution in [0.1, 0.15) is 0 Å². The summed E-state index contributed by atoms with van der Waals surface area (Å²) in [7, 11) is 0. The first-order valence-corrected chi connectivity index (χ1v) is 17.0. The molecule has 50 heavy (non-hydrogen) atoms. The first-order chi connectivity index (χ1) is 24.8. The van der Waals surface area contributed by atoms with Crippen LogP contribution in [0.15, 0.2) is 205 Å². The minimum absolute atomic E-state index is 0.875. The smallest absolute Gasteiger partial charge is 0.135 e. The molecule has 0 N–H and O–H groups in total. The zero-order chi connectivity index (χ0) is 33.3. The molecule has 0 aliphatic heterocycles. The predicted octanol–water partition coefficient (Wildman–Crippen LogP) is 13.7. The Bertz CT molecular complexity index is 2490. The molecule has 0 atom stereocenters. The van der Waals surface area contributed by atoms with E-state index in [1.807, 2.05) is 12.1 Å². The molecule has 0 radical (unpaired) electrons. The van der Waals surface area contributed by atoms with Crippen LogP contribution in [0.3, 0.4) is 0 Å². The van der Waals surface area contributed by atoms with Gasteiger partial charge >= 0.3 is 0 Å². The molecule has 1 aromatic heterocycles. The topological polar surface area (TPSA) is 16.4 Å². The summed E-state index contributed by atoms with van der Waals surface area (Å²) in [5, 5.41) is 2.20. The number of para-hydroxylation sites is 1. The van der Waals surface area contributed by atoms with Crippen LogP contribution >= 0.6 is 0 Å². The molecule has 0 spiro atoms. The molecule has 0 aliphatic rings. The third kappa shape index (κ3) is 5.43. The molecule has 0 bridgehead atoms. The van der Waals surface area contributed by atoms with E-state index in [4.69, 9.17) is 4.42 Å². The van der Waals surface area contributed by atoms with Gasteiger partial charge in [0.1, 0.15) is 11.2 Å². The fourth-order valence-electron chi connectivity index (χ4n) is 7.04. The van der Waals surface area contributed by atoms with Gasteiger partial charge in [-0.2, -0.15) is 0 Å². The fraction of sp³-hybridized carbons (Fsp3) is 0. The molecule has 2 heteroatoms. The monoisotopic (exact) mass is 639 g/mol. The lowest BCUT2D eigenvalue weighted by molar-refractivity contribution is 0.669. The summed E-state index contributed by atoms with van der Waals surface area (Å²) in [5.74, 6) is 0. The van der Waals surface area contributed by atoms with Crippen LogP contribution in [0.2, 0.25) is 0 Å². The highest BCUT2D eigenvalue weighted by atomic mass is 16.3. The number of rotatable bonds is 7. The van der Waals surface area contributed by atoms with Crippen molar-refractivity contribution in [1.29, 1.82) is 0 Å². The highest BCUT2D eigenvalue weighted by molar-refractivity contribution is 6.08. The van der Waals surface area contributed by atoms with Crippen LogP contribution in [0, 0.1) is 0 Å². The first kappa shape index (κ1) is 29.5. The van der Waals surface area contributed by atoms with Crippen molar-refractivity contribution in [3.8, 4) is 44.5 Å². The van der Waals surface area contributed by atoms with Gasteiger partial charge in [0.25, 0.3) is 0 Å². The number of hydrogen-bond acceptors (Lipinski definition) is 2. The molecule has 0 aliphatic carbocycles. The zero-order valence-electron chi connectivity index (χ0n) is 27.4. The summed E-state index contributed by atoms with van der Waals surface area (Å²) in [6.45, 7) is 0. The highest BCUT2D eigenvalue weighted by Crippen LogP contribution is 2.49. The van der Waals surface area contributed by atoms with E-state index in [0.717, 1.165) is 61.3 Å². The fourth-order valence-corrected chi connectivity index (χ4v) is 7.04. The van der Waals surface area contributed by atoms with Crippen LogP contribution < -0.4 is 4.90 Å². The molecule has 0 fully saturated rings. The molecule has 0 unspecified atom stereocenters. The molecule has 9 rings (SSSR count). The second-order valence-corrected chi connectivity index (χ2v) is 12.5. The summed E-state index contributed by atoms with van der Waals surface area (Å²) in [6.07, 6.45) is 0. The molecular weight excluding hydrogens is 607 g/mol. The molecule has 0 saturated heterocycles. The minimum atomic E-state index is 0.875. The Morgan fingerprint density at radius 2 is 0.740 bits per heavy atom. The summed E-state index contributed by atoms with van der Waals surface area (Å²) < 4.78 is 6.30. The van der Waals surface area contributed by atoms with Crippen LogP contribution in [-0.2, 0) is 0 Å². The third-order valence-corrected chi connectivity index (χ3v) is 9.46. The van der Waals surface area contributed by atoms with Crippen LogP contribution in [0.4, 0.5) is 17.1 Å². The lowest BCUT2D eigenvalue weighted by atomic mass is 9.89. The average molecular weight is 640 g/mol. The Kier molecular flexibility index (Phi) is 7.53. The molecule has 1 heterocycles. The van der Waals surface area contributed by atoms with Crippen molar-refractivity contribution < 1.29 is 4.42 Å². The van der Waals surface area contributed by atoms with Gasteiger partial charge in [-0.1, -0.05) is 152 Å². The minimum Gasteiger partial charge on any atom is -0.456 e. The molecule has 2 nitrogen and oxygen atoms in total.